The zero-order valence-corrected chi connectivity index (χ0v) is 15.9. The van der Waals surface area contributed by atoms with Crippen LogP contribution in [0.2, 0.25) is 5.02 Å². The van der Waals surface area contributed by atoms with Gasteiger partial charge in [-0.05, 0) is 51.0 Å². The van der Waals surface area contributed by atoms with E-state index in [9.17, 15) is 4.79 Å². The fourth-order valence-electron chi connectivity index (χ4n) is 3.13. The highest BCUT2D eigenvalue weighted by Crippen LogP contribution is 2.26. The van der Waals surface area contributed by atoms with E-state index < -0.39 is 0 Å². The normalized spacial score (nSPS) is 17.1. The first kappa shape index (κ1) is 18.5. The van der Waals surface area contributed by atoms with Crippen molar-refractivity contribution in [3.05, 3.63) is 46.2 Å². The lowest BCUT2D eigenvalue weighted by Crippen LogP contribution is -2.44. The third-order valence-corrected chi connectivity index (χ3v) is 4.53. The molecule has 2 aromatic rings. The predicted octanol–water partition coefficient (Wildman–Crippen LogP) is 3.44. The van der Waals surface area contributed by atoms with E-state index >= 15 is 0 Å². The molecule has 138 valence electrons. The highest BCUT2D eigenvalue weighted by atomic mass is 35.5. The number of amides is 1. The Morgan fingerprint density at radius 1 is 1.23 bits per heavy atom. The molecule has 2 heterocycles. The van der Waals surface area contributed by atoms with Crippen LogP contribution in [0.3, 0.4) is 0 Å². The Labute approximate surface area is 158 Å². The summed E-state index contributed by atoms with van der Waals surface area (Å²) in [5, 5.41) is 0.502. The second-order valence-electron chi connectivity index (χ2n) is 6.41. The molecule has 1 aliphatic heterocycles. The number of aromatic nitrogens is 2. The molecule has 7 heteroatoms. The third kappa shape index (κ3) is 4.25. The number of hydrogen-bond donors (Lipinski definition) is 0. The Morgan fingerprint density at radius 3 is 2.65 bits per heavy atom. The van der Waals surface area contributed by atoms with Gasteiger partial charge in [0.2, 0.25) is 0 Å². The molecule has 0 N–H and O–H groups in total. The minimum Gasteiger partial charge on any atom is -0.496 e. The number of carbonyl (C=O) groups is 1. The fraction of sp³-hybridized carbons (Fsp3) is 0.421. The minimum absolute atomic E-state index is 0.112. The summed E-state index contributed by atoms with van der Waals surface area (Å²) in [6, 6.07) is 7.31. The predicted molar refractivity (Wildman–Crippen MR) is 99.1 cm³/mol. The Kier molecular flexibility index (Phi) is 5.61. The summed E-state index contributed by atoms with van der Waals surface area (Å²) in [6.45, 7) is 4.96. The van der Waals surface area contributed by atoms with Gasteiger partial charge in [0, 0.05) is 23.0 Å². The lowest BCUT2D eigenvalue weighted by molar-refractivity contribution is 0.0512. The van der Waals surface area contributed by atoms with Gasteiger partial charge in [0.05, 0.1) is 19.2 Å². The maximum Gasteiger partial charge on any atom is 0.317 e. The van der Waals surface area contributed by atoms with Gasteiger partial charge in [-0.25, -0.2) is 9.97 Å². The first-order chi connectivity index (χ1) is 12.5. The molecule has 6 nitrogen and oxygen atoms in total. The third-order valence-electron chi connectivity index (χ3n) is 4.29. The highest BCUT2D eigenvalue weighted by Gasteiger charge is 2.28. The van der Waals surface area contributed by atoms with Crippen LogP contribution in [0.4, 0.5) is 0 Å². The van der Waals surface area contributed by atoms with E-state index in [4.69, 9.17) is 21.1 Å². The van der Waals surface area contributed by atoms with E-state index in [-0.39, 0.29) is 12.0 Å². The van der Waals surface area contributed by atoms with E-state index in [0.717, 1.165) is 24.2 Å². The maximum atomic E-state index is 12.9. The molecule has 26 heavy (non-hydrogen) atoms. The number of aryl methyl sites for hydroxylation is 2. The fourth-order valence-corrected chi connectivity index (χ4v) is 3.30. The zero-order chi connectivity index (χ0) is 18.7. The first-order valence-corrected chi connectivity index (χ1v) is 8.96. The van der Waals surface area contributed by atoms with Gasteiger partial charge in [-0.2, -0.15) is 0 Å². The van der Waals surface area contributed by atoms with Crippen molar-refractivity contribution in [2.24, 2.45) is 0 Å². The number of nitrogens with zero attached hydrogens (tertiary/aromatic N) is 3. The van der Waals surface area contributed by atoms with Crippen molar-refractivity contribution in [3.63, 3.8) is 0 Å². The van der Waals surface area contributed by atoms with Gasteiger partial charge < -0.3 is 14.4 Å². The van der Waals surface area contributed by atoms with Crippen molar-refractivity contribution < 1.29 is 14.3 Å². The van der Waals surface area contributed by atoms with Crippen LogP contribution in [-0.2, 0) is 0 Å². The number of rotatable bonds is 4. The van der Waals surface area contributed by atoms with Gasteiger partial charge in [0.15, 0.2) is 0 Å². The van der Waals surface area contributed by atoms with Crippen LogP contribution in [0.5, 0.6) is 11.8 Å². The summed E-state index contributed by atoms with van der Waals surface area (Å²) in [5.74, 6) is 0.402. The van der Waals surface area contributed by atoms with Crippen LogP contribution < -0.4 is 9.47 Å². The van der Waals surface area contributed by atoms with E-state index in [1.54, 1.807) is 30.2 Å². The van der Waals surface area contributed by atoms with Gasteiger partial charge >= 0.3 is 6.01 Å². The van der Waals surface area contributed by atoms with E-state index in [2.05, 4.69) is 9.97 Å². The Hall–Kier alpha value is -2.34. The smallest absolute Gasteiger partial charge is 0.317 e. The molecule has 1 saturated heterocycles. The molecule has 1 unspecified atom stereocenters. The van der Waals surface area contributed by atoms with Crippen LogP contribution in [0.15, 0.2) is 24.3 Å². The molecular formula is C19H22ClN3O3. The van der Waals surface area contributed by atoms with Crippen LogP contribution in [0.25, 0.3) is 0 Å². The molecule has 0 radical (unpaired) electrons. The van der Waals surface area contributed by atoms with Crippen molar-refractivity contribution in [3.8, 4) is 11.8 Å². The summed E-state index contributed by atoms with van der Waals surface area (Å²) >= 11 is 6.05. The number of piperidine rings is 1. The average Bonchev–Trinajstić information content (AvgIpc) is 2.60. The molecule has 1 aromatic heterocycles. The van der Waals surface area contributed by atoms with E-state index in [1.165, 1.54) is 0 Å². The molecule has 1 amide bonds. The summed E-state index contributed by atoms with van der Waals surface area (Å²) < 4.78 is 11.2. The molecule has 1 fully saturated rings. The maximum absolute atomic E-state index is 12.9. The topological polar surface area (TPSA) is 64.5 Å². The quantitative estimate of drug-likeness (QED) is 0.819. The van der Waals surface area contributed by atoms with Crippen LogP contribution in [0, 0.1) is 13.8 Å². The second-order valence-corrected chi connectivity index (χ2v) is 6.85. The molecule has 3 rings (SSSR count). The van der Waals surface area contributed by atoms with Gasteiger partial charge in [-0.3, -0.25) is 4.79 Å². The molecule has 0 aliphatic carbocycles. The number of hydrogen-bond acceptors (Lipinski definition) is 5. The Bertz CT molecular complexity index is 792. The van der Waals surface area contributed by atoms with Gasteiger partial charge in [-0.15, -0.1) is 0 Å². The van der Waals surface area contributed by atoms with Crippen molar-refractivity contribution >= 4 is 17.5 Å². The second kappa shape index (κ2) is 7.91. The Balaban J connectivity index is 1.74. The molecule has 1 atom stereocenters. The summed E-state index contributed by atoms with van der Waals surface area (Å²) in [4.78, 5) is 23.3. The minimum atomic E-state index is -0.140. The van der Waals surface area contributed by atoms with Gasteiger partial charge in [0.25, 0.3) is 5.91 Å². The number of carbonyl (C=O) groups excluding carboxylic acids is 1. The molecular weight excluding hydrogens is 354 g/mol. The van der Waals surface area contributed by atoms with Crippen LogP contribution in [0.1, 0.15) is 34.6 Å². The summed E-state index contributed by atoms with van der Waals surface area (Å²) in [5.41, 5.74) is 2.18. The monoisotopic (exact) mass is 375 g/mol. The molecule has 0 saturated carbocycles. The SMILES string of the molecule is COc1ccc(Cl)cc1C(=O)N1CCCC(Oc2nc(C)cc(C)n2)C1. The van der Waals surface area contributed by atoms with E-state index in [0.29, 0.717) is 35.4 Å². The number of ether oxygens (including phenoxy) is 2. The number of methoxy groups -OCH3 is 1. The molecule has 1 aromatic carbocycles. The van der Waals surface area contributed by atoms with Crippen molar-refractivity contribution in [1.29, 1.82) is 0 Å². The lowest BCUT2D eigenvalue weighted by Gasteiger charge is -2.32. The first-order valence-electron chi connectivity index (χ1n) is 8.58. The van der Waals surface area contributed by atoms with Crippen LogP contribution in [-0.4, -0.2) is 47.1 Å². The van der Waals surface area contributed by atoms with Crippen molar-refractivity contribution in [1.82, 2.24) is 14.9 Å². The Morgan fingerprint density at radius 2 is 1.96 bits per heavy atom. The summed E-state index contributed by atoms with van der Waals surface area (Å²) in [7, 11) is 1.54. The summed E-state index contributed by atoms with van der Waals surface area (Å²) in [6.07, 6.45) is 1.57. The number of benzene rings is 1. The molecule has 0 spiro atoms. The molecule has 1 aliphatic rings. The van der Waals surface area contributed by atoms with Crippen molar-refractivity contribution in [2.75, 3.05) is 20.2 Å². The standard InChI is InChI=1S/C19H22ClN3O3/c1-12-9-13(2)22-19(21-12)26-15-5-4-8-23(11-15)18(24)16-10-14(20)6-7-17(16)25-3/h6-7,9-10,15H,4-5,8,11H2,1-3H3. The lowest BCUT2D eigenvalue weighted by atomic mass is 10.1. The molecule has 0 bridgehead atoms. The number of halogens is 1. The largest absolute Gasteiger partial charge is 0.496 e. The number of likely N-dealkylation sites (tertiary alicyclic amines) is 1. The average molecular weight is 376 g/mol. The van der Waals surface area contributed by atoms with Gasteiger partial charge in [-0.1, -0.05) is 11.6 Å². The highest BCUT2D eigenvalue weighted by molar-refractivity contribution is 6.31. The van der Waals surface area contributed by atoms with Crippen molar-refractivity contribution in [2.45, 2.75) is 32.8 Å². The van der Waals surface area contributed by atoms with E-state index in [1.807, 2.05) is 19.9 Å². The van der Waals surface area contributed by atoms with Gasteiger partial charge in [0.1, 0.15) is 11.9 Å². The zero-order valence-electron chi connectivity index (χ0n) is 15.2. The van der Waals surface area contributed by atoms with Crippen LogP contribution >= 0.6 is 11.6 Å².